The van der Waals surface area contributed by atoms with E-state index in [1.165, 1.54) is 5.56 Å². The van der Waals surface area contributed by atoms with Gasteiger partial charge >= 0.3 is 6.18 Å². The van der Waals surface area contributed by atoms with E-state index in [1.807, 2.05) is 30.3 Å². The number of rotatable bonds is 4. The van der Waals surface area contributed by atoms with E-state index in [4.69, 9.17) is 0 Å². The van der Waals surface area contributed by atoms with Gasteiger partial charge in [0.15, 0.2) is 0 Å². The van der Waals surface area contributed by atoms with Crippen LogP contribution in [-0.2, 0) is 12.6 Å². The van der Waals surface area contributed by atoms with E-state index in [2.05, 4.69) is 15.9 Å². The highest BCUT2D eigenvalue weighted by Crippen LogP contribution is 2.30. The van der Waals surface area contributed by atoms with Crippen LogP contribution in [0.2, 0.25) is 0 Å². The lowest BCUT2D eigenvalue weighted by Crippen LogP contribution is -2.04. The van der Waals surface area contributed by atoms with Crippen molar-refractivity contribution in [2.24, 2.45) is 0 Å². The summed E-state index contributed by atoms with van der Waals surface area (Å²) in [6, 6.07) is 15.4. The molecule has 4 heteroatoms. The van der Waals surface area contributed by atoms with Gasteiger partial charge in [-0.2, -0.15) is 13.2 Å². The van der Waals surface area contributed by atoms with Crippen molar-refractivity contribution in [1.82, 2.24) is 0 Å². The Morgan fingerprint density at radius 3 is 2.05 bits per heavy atom. The van der Waals surface area contributed by atoms with Gasteiger partial charge in [0, 0.05) is 4.83 Å². The van der Waals surface area contributed by atoms with Crippen molar-refractivity contribution >= 4 is 15.9 Å². The van der Waals surface area contributed by atoms with Crippen molar-refractivity contribution in [2.45, 2.75) is 23.8 Å². The Hall–Kier alpha value is -1.29. The van der Waals surface area contributed by atoms with Gasteiger partial charge in [-0.3, -0.25) is 0 Å². The highest BCUT2D eigenvalue weighted by Gasteiger charge is 2.29. The van der Waals surface area contributed by atoms with E-state index >= 15 is 0 Å². The predicted octanol–water partition coefficient (Wildman–Crippen LogP) is 5.77. The summed E-state index contributed by atoms with van der Waals surface area (Å²) < 4.78 is 37.3. The minimum Gasteiger partial charge on any atom is -0.166 e. The number of halogens is 4. The van der Waals surface area contributed by atoms with E-state index < -0.39 is 11.7 Å². The van der Waals surface area contributed by atoms with Gasteiger partial charge in [-0.1, -0.05) is 58.4 Å². The number of benzene rings is 2. The van der Waals surface area contributed by atoms with E-state index in [9.17, 15) is 13.2 Å². The molecule has 106 valence electrons. The summed E-state index contributed by atoms with van der Waals surface area (Å²) >= 11 is 3.61. The van der Waals surface area contributed by atoms with Crippen LogP contribution in [0.25, 0.3) is 0 Å². The van der Waals surface area contributed by atoms with Gasteiger partial charge in [-0.15, -0.1) is 0 Å². The standard InChI is InChI=1S/C16H14BrF3/c17-15(13-4-2-1-3-5-13)11-8-12-6-9-14(10-7-12)16(18,19)20/h1-7,9-10,15H,8,11H2. The molecule has 2 rings (SSSR count). The zero-order valence-electron chi connectivity index (χ0n) is 10.7. The molecule has 0 bridgehead atoms. The topological polar surface area (TPSA) is 0 Å². The molecule has 0 aliphatic rings. The van der Waals surface area contributed by atoms with Crippen LogP contribution >= 0.6 is 15.9 Å². The molecule has 0 aliphatic carbocycles. The fourth-order valence-corrected chi connectivity index (χ4v) is 2.52. The molecular formula is C16H14BrF3. The Balaban J connectivity index is 1.94. The normalized spacial score (nSPS) is 13.2. The van der Waals surface area contributed by atoms with E-state index in [-0.39, 0.29) is 4.83 Å². The number of alkyl halides is 4. The lowest BCUT2D eigenvalue weighted by atomic mass is 10.0. The zero-order valence-corrected chi connectivity index (χ0v) is 12.3. The fraction of sp³-hybridized carbons (Fsp3) is 0.250. The van der Waals surface area contributed by atoms with Crippen LogP contribution in [0.15, 0.2) is 54.6 Å². The van der Waals surface area contributed by atoms with Crippen LogP contribution in [-0.4, -0.2) is 0 Å². The summed E-state index contributed by atoms with van der Waals surface area (Å²) in [7, 11) is 0. The molecule has 0 fully saturated rings. The molecule has 0 saturated heterocycles. The molecule has 1 unspecified atom stereocenters. The summed E-state index contributed by atoms with van der Waals surface area (Å²) in [5.41, 5.74) is 1.50. The third-order valence-electron chi connectivity index (χ3n) is 3.13. The van der Waals surface area contributed by atoms with Crippen LogP contribution < -0.4 is 0 Å². The fourth-order valence-electron chi connectivity index (χ4n) is 1.98. The summed E-state index contributed by atoms with van der Waals surface area (Å²) in [5, 5.41) is 0. The molecule has 0 amide bonds. The van der Waals surface area contributed by atoms with Gasteiger partial charge in [-0.25, -0.2) is 0 Å². The average molecular weight is 343 g/mol. The van der Waals surface area contributed by atoms with Gasteiger partial charge in [0.2, 0.25) is 0 Å². The smallest absolute Gasteiger partial charge is 0.166 e. The lowest BCUT2D eigenvalue weighted by Gasteiger charge is -2.11. The molecule has 0 nitrogen and oxygen atoms in total. The molecule has 0 aromatic heterocycles. The van der Waals surface area contributed by atoms with Gasteiger partial charge < -0.3 is 0 Å². The molecule has 2 aromatic rings. The Morgan fingerprint density at radius 2 is 1.50 bits per heavy atom. The van der Waals surface area contributed by atoms with Crippen LogP contribution in [0.1, 0.15) is 27.9 Å². The van der Waals surface area contributed by atoms with E-state index in [1.54, 1.807) is 12.1 Å². The molecule has 0 aliphatic heterocycles. The Morgan fingerprint density at radius 1 is 0.900 bits per heavy atom. The molecule has 20 heavy (non-hydrogen) atoms. The maximum Gasteiger partial charge on any atom is 0.416 e. The van der Waals surface area contributed by atoms with Crippen molar-refractivity contribution in [3.8, 4) is 0 Å². The molecule has 0 heterocycles. The lowest BCUT2D eigenvalue weighted by molar-refractivity contribution is -0.137. The van der Waals surface area contributed by atoms with Crippen molar-refractivity contribution < 1.29 is 13.2 Å². The highest BCUT2D eigenvalue weighted by molar-refractivity contribution is 9.09. The molecular weight excluding hydrogens is 329 g/mol. The first kappa shape index (κ1) is 15.1. The van der Waals surface area contributed by atoms with Crippen molar-refractivity contribution in [2.75, 3.05) is 0 Å². The van der Waals surface area contributed by atoms with Gasteiger partial charge in [0.05, 0.1) is 5.56 Å². The first-order chi connectivity index (χ1) is 9.47. The third-order valence-corrected chi connectivity index (χ3v) is 4.12. The third kappa shape index (κ3) is 4.10. The van der Waals surface area contributed by atoms with Crippen molar-refractivity contribution in [3.05, 3.63) is 71.3 Å². The average Bonchev–Trinajstić information content (AvgIpc) is 2.45. The summed E-state index contributed by atoms with van der Waals surface area (Å²) in [4.78, 5) is 0.214. The quantitative estimate of drug-likeness (QED) is 0.618. The molecule has 1 atom stereocenters. The number of hydrogen-bond donors (Lipinski definition) is 0. The maximum absolute atomic E-state index is 12.4. The first-order valence-electron chi connectivity index (χ1n) is 6.32. The second-order valence-corrected chi connectivity index (χ2v) is 5.72. The highest BCUT2D eigenvalue weighted by atomic mass is 79.9. The van der Waals surface area contributed by atoms with Crippen LogP contribution in [0.5, 0.6) is 0 Å². The zero-order chi connectivity index (χ0) is 14.6. The van der Waals surface area contributed by atoms with Crippen LogP contribution in [0.4, 0.5) is 13.2 Å². The van der Waals surface area contributed by atoms with Gasteiger partial charge in [0.1, 0.15) is 0 Å². The Kier molecular flexibility index (Phi) is 4.86. The Bertz CT molecular complexity index is 532. The van der Waals surface area contributed by atoms with E-state index in [0.29, 0.717) is 0 Å². The second kappa shape index (κ2) is 6.44. The van der Waals surface area contributed by atoms with Gasteiger partial charge in [-0.05, 0) is 36.1 Å². The van der Waals surface area contributed by atoms with E-state index in [0.717, 1.165) is 30.5 Å². The SMILES string of the molecule is FC(F)(F)c1ccc(CCC(Br)c2ccccc2)cc1. The minimum atomic E-state index is -4.26. The summed E-state index contributed by atoms with van der Waals surface area (Å²) in [5.74, 6) is 0. The van der Waals surface area contributed by atoms with Crippen LogP contribution in [0.3, 0.4) is 0 Å². The predicted molar refractivity (Wildman–Crippen MR) is 77.9 cm³/mol. The molecule has 0 N–H and O–H groups in total. The Labute approximate surface area is 124 Å². The molecule has 0 saturated carbocycles. The van der Waals surface area contributed by atoms with Gasteiger partial charge in [0.25, 0.3) is 0 Å². The number of aryl methyl sites for hydroxylation is 1. The minimum absolute atomic E-state index is 0.214. The van der Waals surface area contributed by atoms with Crippen molar-refractivity contribution in [1.29, 1.82) is 0 Å². The summed E-state index contributed by atoms with van der Waals surface area (Å²) in [6.45, 7) is 0. The molecule has 0 spiro atoms. The van der Waals surface area contributed by atoms with Crippen molar-refractivity contribution in [3.63, 3.8) is 0 Å². The molecule has 2 aromatic carbocycles. The summed E-state index contributed by atoms with van der Waals surface area (Å²) in [6.07, 6.45) is -2.68. The second-order valence-electron chi connectivity index (χ2n) is 4.61. The monoisotopic (exact) mass is 342 g/mol. The largest absolute Gasteiger partial charge is 0.416 e. The maximum atomic E-state index is 12.4. The molecule has 0 radical (unpaired) electrons. The van der Waals surface area contributed by atoms with Crippen LogP contribution in [0, 0.1) is 0 Å². The first-order valence-corrected chi connectivity index (χ1v) is 7.23. The number of hydrogen-bond acceptors (Lipinski definition) is 0.